The number of rotatable bonds is 3. The summed E-state index contributed by atoms with van der Waals surface area (Å²) in [4.78, 5) is 15.2. The van der Waals surface area contributed by atoms with Crippen LogP contribution in [0.2, 0.25) is 0 Å². The van der Waals surface area contributed by atoms with Crippen LogP contribution >= 0.6 is 0 Å². The summed E-state index contributed by atoms with van der Waals surface area (Å²) in [5.74, 6) is 1.50. The zero-order chi connectivity index (χ0) is 17.5. The van der Waals surface area contributed by atoms with Crippen molar-refractivity contribution in [3.05, 3.63) is 80.3 Å². The van der Waals surface area contributed by atoms with Crippen molar-refractivity contribution >= 4 is 18.5 Å². The number of benzene rings is 1. The van der Waals surface area contributed by atoms with Gasteiger partial charge in [-0.2, -0.15) is 18.6 Å². The third-order valence-corrected chi connectivity index (χ3v) is 2.52. The standard InChI is InChI=1S/C12H13O3.C4H4BN.C2H6.CH3.Y/c1-9-6-4-5-7-10(9)11(8-14-2)12(13)15-3;1-2-5-4-6-3-1;1-2;;/h4-8H,1H2,2-3H3;1-4H;1-2H3;1H3;/q-1;;;-1;/b11-8+;;;;. The van der Waals surface area contributed by atoms with Crippen LogP contribution in [0.25, 0.3) is 5.57 Å². The van der Waals surface area contributed by atoms with Crippen LogP contribution in [0.15, 0.2) is 54.8 Å². The summed E-state index contributed by atoms with van der Waals surface area (Å²) in [5.41, 5.74) is 1.84. The van der Waals surface area contributed by atoms with Gasteiger partial charge < -0.3 is 16.9 Å². The number of methoxy groups -OCH3 is 2. The Morgan fingerprint density at radius 2 is 1.84 bits per heavy atom. The van der Waals surface area contributed by atoms with E-state index in [0.29, 0.717) is 11.1 Å². The first-order chi connectivity index (χ1) is 11.2. The van der Waals surface area contributed by atoms with Crippen molar-refractivity contribution in [2.45, 2.75) is 13.8 Å². The van der Waals surface area contributed by atoms with Crippen molar-refractivity contribution in [3.8, 4) is 0 Å². The zero-order valence-corrected chi connectivity index (χ0v) is 18.6. The van der Waals surface area contributed by atoms with Crippen molar-refractivity contribution in [2.75, 3.05) is 14.2 Å². The average molecular weight is 416 g/mol. The second-order valence-corrected chi connectivity index (χ2v) is 3.94. The summed E-state index contributed by atoms with van der Waals surface area (Å²) in [6, 6.07) is 9.19. The number of aromatic nitrogens is 1. The van der Waals surface area contributed by atoms with Crippen LogP contribution in [-0.4, -0.2) is 32.1 Å². The summed E-state index contributed by atoms with van der Waals surface area (Å²) < 4.78 is 9.51. The van der Waals surface area contributed by atoms with E-state index < -0.39 is 5.97 Å². The van der Waals surface area contributed by atoms with Crippen molar-refractivity contribution in [2.24, 2.45) is 0 Å². The minimum absolute atomic E-state index is 0. The number of carbonyl (C=O) groups excluding carboxylic acids is 1. The minimum atomic E-state index is -0.437. The Morgan fingerprint density at radius 3 is 2.20 bits per heavy atom. The van der Waals surface area contributed by atoms with Gasteiger partial charge in [-0.3, -0.25) is 0 Å². The first-order valence-corrected chi connectivity index (χ1v) is 7.28. The molecule has 2 aromatic rings. The van der Waals surface area contributed by atoms with Gasteiger partial charge in [-0.25, -0.2) is 4.79 Å². The normalized spacial score (nSPS) is 8.56. The van der Waals surface area contributed by atoms with Crippen molar-refractivity contribution in [1.29, 1.82) is 0 Å². The second-order valence-electron chi connectivity index (χ2n) is 3.94. The van der Waals surface area contributed by atoms with E-state index in [0.717, 1.165) is 5.56 Å². The van der Waals surface area contributed by atoms with Gasteiger partial charge in [-0.05, 0) is 0 Å². The molecule has 0 aliphatic carbocycles. The Bertz CT molecular complexity index is 566. The molecule has 0 amide bonds. The fraction of sp³-hybridized carbons (Fsp3) is 0.211. The zero-order valence-electron chi connectivity index (χ0n) is 15.7. The molecule has 4 nitrogen and oxygen atoms in total. The van der Waals surface area contributed by atoms with Gasteiger partial charge >= 0.3 is 42.2 Å². The molecule has 25 heavy (non-hydrogen) atoms. The molecule has 1 radical (unpaired) electrons. The van der Waals surface area contributed by atoms with Gasteiger partial charge in [0.1, 0.15) is 0 Å². The van der Waals surface area contributed by atoms with Crippen LogP contribution in [-0.2, 0) is 47.0 Å². The van der Waals surface area contributed by atoms with Gasteiger partial charge in [-0.15, -0.1) is 17.7 Å². The molecule has 0 unspecified atom stereocenters. The monoisotopic (exact) mass is 416 g/mol. The summed E-state index contributed by atoms with van der Waals surface area (Å²) in [6.45, 7) is 9.73. The fourth-order valence-electron chi connectivity index (χ4n) is 1.55. The van der Waals surface area contributed by atoms with Gasteiger partial charge in [0.15, 0.2) is 0 Å². The van der Waals surface area contributed by atoms with E-state index in [9.17, 15) is 4.79 Å². The maximum atomic E-state index is 11.5. The number of hydrogen-bond acceptors (Lipinski definition) is 4. The molecule has 0 bridgehead atoms. The quantitative estimate of drug-likeness (QED) is 0.330. The summed E-state index contributed by atoms with van der Waals surface area (Å²) in [6.07, 6.45) is 4.86. The third kappa shape index (κ3) is 11.7. The van der Waals surface area contributed by atoms with E-state index in [4.69, 9.17) is 4.74 Å². The van der Waals surface area contributed by atoms with Crippen molar-refractivity contribution < 1.29 is 47.0 Å². The molecule has 1 aromatic heterocycles. The van der Waals surface area contributed by atoms with E-state index in [2.05, 4.69) is 16.6 Å². The Morgan fingerprint density at radius 1 is 1.20 bits per heavy atom. The predicted octanol–water partition coefficient (Wildman–Crippen LogP) is 3.92. The second kappa shape index (κ2) is 18.9. The van der Waals surface area contributed by atoms with Crippen LogP contribution in [0.4, 0.5) is 0 Å². The Kier molecular flexibility index (Phi) is 21.4. The van der Waals surface area contributed by atoms with Gasteiger partial charge in [0.25, 0.3) is 0 Å². The molecule has 133 valence electrons. The third-order valence-electron chi connectivity index (χ3n) is 2.52. The van der Waals surface area contributed by atoms with Gasteiger partial charge in [0, 0.05) is 38.3 Å². The summed E-state index contributed by atoms with van der Waals surface area (Å²) in [5, 5.41) is 0. The number of esters is 1. The van der Waals surface area contributed by atoms with Crippen LogP contribution in [0.1, 0.15) is 25.0 Å². The maximum absolute atomic E-state index is 11.5. The van der Waals surface area contributed by atoms with Crippen LogP contribution in [0.5, 0.6) is 0 Å². The van der Waals surface area contributed by atoms with E-state index in [1.54, 1.807) is 18.4 Å². The molecule has 1 aromatic carbocycles. The van der Waals surface area contributed by atoms with Crippen molar-refractivity contribution in [1.82, 2.24) is 4.98 Å². The van der Waals surface area contributed by atoms with E-state index in [-0.39, 0.29) is 40.1 Å². The number of hydrogen-bond donors (Lipinski definition) is 0. The summed E-state index contributed by atoms with van der Waals surface area (Å²) >= 11 is 0. The number of carbonyl (C=O) groups is 1. The molecule has 0 aliphatic rings. The fourth-order valence-corrected chi connectivity index (χ4v) is 1.55. The van der Waals surface area contributed by atoms with E-state index in [1.807, 2.05) is 51.0 Å². The Balaban J connectivity index is -0.000000409. The molecule has 0 spiro atoms. The summed E-state index contributed by atoms with van der Waals surface area (Å²) in [7, 11) is 2.81. The van der Waals surface area contributed by atoms with Gasteiger partial charge in [-0.1, -0.05) is 19.9 Å². The molecule has 0 fully saturated rings. The molecule has 0 N–H and O–H groups in total. The Labute approximate surface area is 178 Å². The topological polar surface area (TPSA) is 48.4 Å². The van der Waals surface area contributed by atoms with Crippen LogP contribution in [0.3, 0.4) is 0 Å². The number of nitrogens with zero attached hydrogens (tertiary/aromatic N) is 1. The van der Waals surface area contributed by atoms with Gasteiger partial charge in [0.2, 0.25) is 0 Å². The number of ether oxygens (including phenoxy) is 2. The molecule has 0 saturated heterocycles. The molecular formula is C19H26BNO3Y-2. The average Bonchev–Trinajstić information content (AvgIpc) is 2.63. The first-order valence-electron chi connectivity index (χ1n) is 7.28. The molecule has 0 atom stereocenters. The van der Waals surface area contributed by atoms with Gasteiger partial charge in [0.05, 0.1) is 20.5 Å². The molecule has 2 rings (SSSR count). The van der Waals surface area contributed by atoms with E-state index in [1.165, 1.54) is 20.5 Å². The van der Waals surface area contributed by atoms with Crippen molar-refractivity contribution in [3.63, 3.8) is 0 Å². The molecule has 1 heterocycles. The molecule has 0 aliphatic heterocycles. The predicted molar refractivity (Wildman–Crippen MR) is 101 cm³/mol. The molecular weight excluding hydrogens is 390 g/mol. The van der Waals surface area contributed by atoms with Crippen LogP contribution in [0, 0.1) is 14.4 Å². The SMILES string of the molecule is CC.[CH2-]c1ccccc1/C(=C\OC)C(=O)OC.[CH3-].[Y].b1cccnc1. The first kappa shape index (κ1) is 28.4. The molecule has 0 saturated carbocycles. The Hall–Kier alpha value is -1.45. The van der Waals surface area contributed by atoms with Crippen LogP contribution < -0.4 is 0 Å². The van der Waals surface area contributed by atoms with E-state index >= 15 is 0 Å². The molecule has 6 heteroatoms.